The molecule has 0 aliphatic rings. The molecule has 4 rings (SSSR count). The maximum atomic E-state index is 11.8. The van der Waals surface area contributed by atoms with Crippen molar-refractivity contribution in [3.05, 3.63) is 95.6 Å². The highest BCUT2D eigenvalue weighted by Gasteiger charge is 2.15. The number of hydrogen-bond acceptors (Lipinski definition) is 2. The number of carbonyl (C=O) groups excluding carboxylic acids is 1. The van der Waals surface area contributed by atoms with Crippen LogP contribution >= 0.6 is 0 Å². The van der Waals surface area contributed by atoms with E-state index in [1.807, 2.05) is 72.8 Å². The fourth-order valence-electron chi connectivity index (χ4n) is 2.89. The zero-order chi connectivity index (χ0) is 17.9. The molecule has 0 fully saturated rings. The second kappa shape index (κ2) is 6.74. The van der Waals surface area contributed by atoms with E-state index >= 15 is 0 Å². The number of fused-ring (bicyclic) bond motifs is 1. The summed E-state index contributed by atoms with van der Waals surface area (Å²) in [5.74, 6) is 7.22. The number of Topliss-reactive ketones (excluding diaryl/α,β-unsaturated/α-hetero) is 1. The lowest BCUT2D eigenvalue weighted by Gasteiger charge is -1.97. The van der Waals surface area contributed by atoms with Gasteiger partial charge in [-0.3, -0.25) is 4.79 Å². The second-order valence-electron chi connectivity index (χ2n) is 6.06. The first-order valence-electron chi connectivity index (χ1n) is 8.42. The summed E-state index contributed by atoms with van der Waals surface area (Å²) >= 11 is 0. The first kappa shape index (κ1) is 15.9. The van der Waals surface area contributed by atoms with Gasteiger partial charge in [0.1, 0.15) is 5.58 Å². The van der Waals surface area contributed by atoms with Crippen LogP contribution in [0.4, 0.5) is 0 Å². The fourth-order valence-corrected chi connectivity index (χ4v) is 2.89. The Hall–Kier alpha value is -3.57. The summed E-state index contributed by atoms with van der Waals surface area (Å²) in [6.45, 7) is 1.56. The molecule has 0 saturated heterocycles. The first-order valence-corrected chi connectivity index (χ1v) is 8.42. The van der Waals surface area contributed by atoms with Crippen LogP contribution in [0.15, 0.2) is 83.3 Å². The maximum Gasteiger partial charge on any atom is 0.159 e. The predicted octanol–water partition coefficient (Wildman–Crippen LogP) is 5.70. The van der Waals surface area contributed by atoms with Gasteiger partial charge in [-0.15, -0.1) is 0 Å². The molecular formula is C24H16O2. The average Bonchev–Trinajstić information content (AvgIpc) is 3.05. The number of ketones is 1. The van der Waals surface area contributed by atoms with Crippen LogP contribution in [-0.2, 0) is 0 Å². The largest absolute Gasteiger partial charge is 0.455 e. The SMILES string of the molecule is CC(=O)c1ccc2oc(-c3ccccc3)c(C#Cc3ccccc3)c2c1. The van der Waals surface area contributed by atoms with Crippen LogP contribution in [-0.4, -0.2) is 5.78 Å². The number of hydrogen-bond donors (Lipinski definition) is 0. The summed E-state index contributed by atoms with van der Waals surface area (Å²) in [6.07, 6.45) is 0. The zero-order valence-electron chi connectivity index (χ0n) is 14.3. The van der Waals surface area contributed by atoms with E-state index in [0.717, 1.165) is 33.4 Å². The molecule has 0 atom stereocenters. The Kier molecular flexibility index (Phi) is 4.13. The van der Waals surface area contributed by atoms with Crippen LogP contribution in [0.2, 0.25) is 0 Å². The minimum atomic E-state index is 0.0244. The lowest BCUT2D eigenvalue weighted by molar-refractivity contribution is 0.101. The van der Waals surface area contributed by atoms with Crippen LogP contribution in [0, 0.1) is 11.8 Å². The Morgan fingerprint density at radius 2 is 1.54 bits per heavy atom. The van der Waals surface area contributed by atoms with Crippen LogP contribution in [0.5, 0.6) is 0 Å². The summed E-state index contributed by atoms with van der Waals surface area (Å²) in [7, 11) is 0. The van der Waals surface area contributed by atoms with Gasteiger partial charge in [0.15, 0.2) is 11.5 Å². The molecule has 0 radical (unpaired) electrons. The van der Waals surface area contributed by atoms with E-state index < -0.39 is 0 Å². The summed E-state index contributed by atoms with van der Waals surface area (Å²) < 4.78 is 6.09. The van der Waals surface area contributed by atoms with Crippen molar-refractivity contribution < 1.29 is 9.21 Å². The predicted molar refractivity (Wildman–Crippen MR) is 104 cm³/mol. The third-order valence-electron chi connectivity index (χ3n) is 4.24. The lowest BCUT2D eigenvalue weighted by atomic mass is 10.0. The highest BCUT2D eigenvalue weighted by atomic mass is 16.3. The van der Waals surface area contributed by atoms with Crippen molar-refractivity contribution in [2.24, 2.45) is 0 Å². The topological polar surface area (TPSA) is 30.2 Å². The normalized spacial score (nSPS) is 10.3. The van der Waals surface area contributed by atoms with Crippen molar-refractivity contribution in [2.75, 3.05) is 0 Å². The molecule has 4 aromatic rings. The van der Waals surface area contributed by atoms with Gasteiger partial charge in [0.05, 0.1) is 5.56 Å². The molecule has 2 heteroatoms. The molecule has 1 heterocycles. The molecule has 124 valence electrons. The van der Waals surface area contributed by atoms with Crippen molar-refractivity contribution in [1.82, 2.24) is 0 Å². The lowest BCUT2D eigenvalue weighted by Crippen LogP contribution is -1.90. The van der Waals surface area contributed by atoms with Gasteiger partial charge in [0.25, 0.3) is 0 Å². The van der Waals surface area contributed by atoms with Gasteiger partial charge >= 0.3 is 0 Å². The Morgan fingerprint density at radius 3 is 2.23 bits per heavy atom. The quantitative estimate of drug-likeness (QED) is 0.347. The molecule has 0 aliphatic heterocycles. The summed E-state index contributed by atoms with van der Waals surface area (Å²) in [4.78, 5) is 11.8. The van der Waals surface area contributed by atoms with Crippen molar-refractivity contribution in [3.63, 3.8) is 0 Å². The molecule has 0 N–H and O–H groups in total. The monoisotopic (exact) mass is 336 g/mol. The van der Waals surface area contributed by atoms with Crippen LogP contribution < -0.4 is 0 Å². The third-order valence-corrected chi connectivity index (χ3v) is 4.24. The first-order chi connectivity index (χ1) is 12.7. The number of rotatable bonds is 2. The van der Waals surface area contributed by atoms with E-state index in [1.54, 1.807) is 13.0 Å². The van der Waals surface area contributed by atoms with E-state index in [-0.39, 0.29) is 5.78 Å². The van der Waals surface area contributed by atoms with E-state index in [1.165, 1.54) is 0 Å². The Bertz CT molecular complexity index is 1140. The molecule has 2 nitrogen and oxygen atoms in total. The van der Waals surface area contributed by atoms with Gasteiger partial charge in [0.2, 0.25) is 0 Å². The number of benzene rings is 3. The van der Waals surface area contributed by atoms with E-state index in [0.29, 0.717) is 5.56 Å². The van der Waals surface area contributed by atoms with E-state index in [4.69, 9.17) is 4.42 Å². The zero-order valence-corrected chi connectivity index (χ0v) is 14.3. The van der Waals surface area contributed by atoms with Crippen LogP contribution in [0.3, 0.4) is 0 Å². The van der Waals surface area contributed by atoms with Crippen LogP contribution in [0.25, 0.3) is 22.3 Å². The molecule has 0 spiro atoms. The van der Waals surface area contributed by atoms with Crippen molar-refractivity contribution in [3.8, 4) is 23.2 Å². The van der Waals surface area contributed by atoms with Crippen molar-refractivity contribution in [1.29, 1.82) is 0 Å². The van der Waals surface area contributed by atoms with E-state index in [9.17, 15) is 4.79 Å². The Balaban J connectivity index is 1.96. The van der Waals surface area contributed by atoms with Gasteiger partial charge in [-0.1, -0.05) is 60.4 Å². The average molecular weight is 336 g/mol. The summed E-state index contributed by atoms with van der Waals surface area (Å²) in [5.41, 5.74) is 4.08. The standard InChI is InChI=1S/C24H16O2/c1-17(25)20-13-15-23-22(16-20)21(14-12-18-8-4-2-5-9-18)24(26-23)19-10-6-3-7-11-19/h2-11,13,15-16H,1H3. The molecular weight excluding hydrogens is 320 g/mol. The van der Waals surface area contributed by atoms with Gasteiger partial charge in [-0.25, -0.2) is 0 Å². The highest BCUT2D eigenvalue weighted by molar-refractivity contribution is 6.00. The minimum absolute atomic E-state index is 0.0244. The van der Waals surface area contributed by atoms with Crippen molar-refractivity contribution >= 4 is 16.8 Å². The summed E-state index contributed by atoms with van der Waals surface area (Å²) in [5, 5.41) is 0.861. The second-order valence-corrected chi connectivity index (χ2v) is 6.06. The minimum Gasteiger partial charge on any atom is -0.455 e. The highest BCUT2D eigenvalue weighted by Crippen LogP contribution is 2.33. The maximum absolute atomic E-state index is 11.8. The molecule has 0 saturated carbocycles. The molecule has 0 aliphatic carbocycles. The fraction of sp³-hybridized carbons (Fsp3) is 0.0417. The molecule has 1 aromatic heterocycles. The number of carbonyl (C=O) groups is 1. The van der Waals surface area contributed by atoms with Gasteiger partial charge < -0.3 is 4.42 Å². The van der Waals surface area contributed by atoms with Gasteiger partial charge in [-0.2, -0.15) is 0 Å². The molecule has 0 unspecified atom stereocenters. The smallest absolute Gasteiger partial charge is 0.159 e. The number of furan rings is 1. The Morgan fingerprint density at radius 1 is 0.846 bits per heavy atom. The van der Waals surface area contributed by atoms with Gasteiger partial charge in [-0.05, 0) is 37.3 Å². The Labute approximate surface area is 152 Å². The molecule has 0 bridgehead atoms. The van der Waals surface area contributed by atoms with Crippen LogP contribution in [0.1, 0.15) is 28.4 Å². The molecule has 26 heavy (non-hydrogen) atoms. The molecule has 0 amide bonds. The van der Waals surface area contributed by atoms with Gasteiger partial charge in [0, 0.05) is 22.1 Å². The van der Waals surface area contributed by atoms with E-state index in [2.05, 4.69) is 11.8 Å². The summed E-state index contributed by atoms with van der Waals surface area (Å²) in [6, 6.07) is 25.2. The van der Waals surface area contributed by atoms with Crippen molar-refractivity contribution in [2.45, 2.75) is 6.92 Å². The molecule has 3 aromatic carbocycles. The third kappa shape index (κ3) is 3.03.